The van der Waals surface area contributed by atoms with Crippen LogP contribution in [0.3, 0.4) is 0 Å². The number of nitrogens with one attached hydrogen (secondary N) is 2. The Morgan fingerprint density at radius 2 is 1.62 bits per heavy atom. The molecule has 0 aromatic heterocycles. The van der Waals surface area contributed by atoms with Gasteiger partial charge in [-0.1, -0.05) is 60.7 Å². The fourth-order valence-corrected chi connectivity index (χ4v) is 4.67. The van der Waals surface area contributed by atoms with Crippen LogP contribution in [0.2, 0.25) is 0 Å². The van der Waals surface area contributed by atoms with E-state index in [9.17, 15) is 13.2 Å². The third-order valence-corrected chi connectivity index (χ3v) is 6.30. The first-order valence-corrected chi connectivity index (χ1v) is 10.9. The molecule has 29 heavy (non-hydrogen) atoms. The van der Waals surface area contributed by atoms with Crippen molar-refractivity contribution >= 4 is 26.7 Å². The summed E-state index contributed by atoms with van der Waals surface area (Å²) in [5.41, 5.74) is 7.54. The molecule has 0 aliphatic rings. The van der Waals surface area contributed by atoms with Crippen LogP contribution in [0.15, 0.2) is 71.6 Å². The summed E-state index contributed by atoms with van der Waals surface area (Å²) in [5.74, 6) is -0.403. The van der Waals surface area contributed by atoms with Gasteiger partial charge in [-0.15, -0.1) is 0 Å². The Kier molecular flexibility index (Phi) is 6.64. The summed E-state index contributed by atoms with van der Waals surface area (Å²) in [5, 5.41) is 4.26. The summed E-state index contributed by atoms with van der Waals surface area (Å²) in [6.45, 7) is 2.43. The summed E-state index contributed by atoms with van der Waals surface area (Å²) in [4.78, 5) is 12.8. The molecule has 6 nitrogen and oxygen atoms in total. The molecule has 0 aliphatic carbocycles. The van der Waals surface area contributed by atoms with Crippen LogP contribution in [0.25, 0.3) is 10.8 Å². The van der Waals surface area contributed by atoms with Crippen molar-refractivity contribution < 1.29 is 13.2 Å². The van der Waals surface area contributed by atoms with Gasteiger partial charge in [0.25, 0.3) is 0 Å². The van der Waals surface area contributed by atoms with Crippen LogP contribution >= 0.6 is 0 Å². The van der Waals surface area contributed by atoms with Gasteiger partial charge in [0.2, 0.25) is 15.9 Å². The number of nitrogens with two attached hydrogens (primary N) is 1. The van der Waals surface area contributed by atoms with E-state index in [1.807, 2.05) is 49.4 Å². The van der Waals surface area contributed by atoms with E-state index in [1.165, 1.54) is 0 Å². The number of aryl methyl sites for hydroxylation is 1. The Bertz CT molecular complexity index is 1100. The number of carbonyl (C=O) groups excluding carboxylic acids is 1. The van der Waals surface area contributed by atoms with Crippen LogP contribution in [0, 0.1) is 6.92 Å². The van der Waals surface area contributed by atoms with Crippen molar-refractivity contribution in [2.45, 2.75) is 30.8 Å². The first-order chi connectivity index (χ1) is 13.9. The van der Waals surface area contributed by atoms with Crippen molar-refractivity contribution in [2.75, 3.05) is 6.54 Å². The topological polar surface area (TPSA) is 101 Å². The number of amides is 1. The highest BCUT2D eigenvalue weighted by Crippen LogP contribution is 2.26. The highest BCUT2D eigenvalue weighted by molar-refractivity contribution is 7.89. The number of hydrogen-bond donors (Lipinski definition) is 3. The molecule has 0 saturated heterocycles. The van der Waals surface area contributed by atoms with E-state index in [-0.39, 0.29) is 17.9 Å². The van der Waals surface area contributed by atoms with Crippen LogP contribution in [-0.2, 0) is 21.4 Å². The Hall–Kier alpha value is -2.74. The molecule has 0 bridgehead atoms. The molecular weight excluding hydrogens is 386 g/mol. The molecule has 3 aromatic carbocycles. The van der Waals surface area contributed by atoms with Gasteiger partial charge < -0.3 is 11.1 Å². The van der Waals surface area contributed by atoms with Crippen molar-refractivity contribution in [1.29, 1.82) is 0 Å². The van der Waals surface area contributed by atoms with Crippen LogP contribution < -0.4 is 15.8 Å². The van der Waals surface area contributed by atoms with E-state index in [4.69, 9.17) is 5.73 Å². The van der Waals surface area contributed by atoms with E-state index >= 15 is 0 Å². The lowest BCUT2D eigenvalue weighted by Gasteiger charge is -2.19. The normalized spacial score (nSPS) is 12.6. The summed E-state index contributed by atoms with van der Waals surface area (Å²) >= 11 is 0. The zero-order chi connectivity index (χ0) is 20.9. The average Bonchev–Trinajstić information content (AvgIpc) is 2.72. The average molecular weight is 412 g/mol. The summed E-state index contributed by atoms with van der Waals surface area (Å²) in [6.07, 6.45) is 0.198. The SMILES string of the molecule is Cc1ccc(S(=O)(=O)NC(CCN)C(=O)NCc2ccccc2)c2ccccc12. The monoisotopic (exact) mass is 411 g/mol. The smallest absolute Gasteiger partial charge is 0.241 e. The molecule has 4 N–H and O–H groups in total. The van der Waals surface area contributed by atoms with Crippen LogP contribution in [-0.4, -0.2) is 26.9 Å². The molecule has 7 heteroatoms. The fourth-order valence-electron chi connectivity index (χ4n) is 3.23. The largest absolute Gasteiger partial charge is 0.351 e. The molecule has 0 fully saturated rings. The number of sulfonamides is 1. The van der Waals surface area contributed by atoms with Gasteiger partial charge in [-0.3, -0.25) is 4.79 Å². The van der Waals surface area contributed by atoms with Crippen molar-refractivity contribution in [3.05, 3.63) is 77.9 Å². The number of fused-ring (bicyclic) bond motifs is 1. The van der Waals surface area contributed by atoms with E-state index in [0.717, 1.165) is 16.5 Å². The van der Waals surface area contributed by atoms with E-state index < -0.39 is 22.0 Å². The van der Waals surface area contributed by atoms with Crippen molar-refractivity contribution in [3.63, 3.8) is 0 Å². The quantitative estimate of drug-likeness (QED) is 0.530. The van der Waals surface area contributed by atoms with Crippen molar-refractivity contribution in [1.82, 2.24) is 10.0 Å². The van der Waals surface area contributed by atoms with Gasteiger partial charge in [-0.25, -0.2) is 8.42 Å². The molecule has 1 amide bonds. The van der Waals surface area contributed by atoms with Crippen molar-refractivity contribution in [3.8, 4) is 0 Å². The van der Waals surface area contributed by atoms with Gasteiger partial charge in [0.1, 0.15) is 6.04 Å². The number of hydrogen-bond acceptors (Lipinski definition) is 4. The Labute approximate surface area is 171 Å². The second kappa shape index (κ2) is 9.17. The number of benzene rings is 3. The predicted molar refractivity (Wildman–Crippen MR) is 115 cm³/mol. The van der Waals surface area contributed by atoms with Gasteiger partial charge in [0, 0.05) is 11.9 Å². The van der Waals surface area contributed by atoms with Gasteiger partial charge in [0.05, 0.1) is 4.90 Å². The second-order valence-electron chi connectivity index (χ2n) is 6.88. The van der Waals surface area contributed by atoms with Gasteiger partial charge in [-0.05, 0) is 42.5 Å². The summed E-state index contributed by atoms with van der Waals surface area (Å²) < 4.78 is 28.7. The Balaban J connectivity index is 1.82. The molecule has 3 rings (SSSR count). The second-order valence-corrected chi connectivity index (χ2v) is 8.56. The van der Waals surface area contributed by atoms with Crippen LogP contribution in [0.1, 0.15) is 17.5 Å². The summed E-state index contributed by atoms with van der Waals surface area (Å²) in [7, 11) is -3.92. The lowest BCUT2D eigenvalue weighted by molar-refractivity contribution is -0.123. The molecular formula is C22H25N3O3S. The lowest BCUT2D eigenvalue weighted by atomic mass is 10.1. The Morgan fingerprint density at radius 1 is 0.966 bits per heavy atom. The van der Waals surface area contributed by atoms with Gasteiger partial charge in [-0.2, -0.15) is 4.72 Å². The maximum absolute atomic E-state index is 13.1. The minimum Gasteiger partial charge on any atom is -0.351 e. The van der Waals surface area contributed by atoms with Crippen molar-refractivity contribution in [2.24, 2.45) is 5.73 Å². The molecule has 152 valence electrons. The molecule has 1 atom stereocenters. The molecule has 0 radical (unpaired) electrons. The predicted octanol–water partition coefficient (Wildman–Crippen LogP) is 2.46. The first-order valence-electron chi connectivity index (χ1n) is 9.45. The molecule has 0 spiro atoms. The third kappa shape index (κ3) is 5.00. The zero-order valence-corrected chi connectivity index (χ0v) is 17.1. The maximum atomic E-state index is 13.1. The highest BCUT2D eigenvalue weighted by atomic mass is 32.2. The first kappa shape index (κ1) is 21.0. The lowest BCUT2D eigenvalue weighted by Crippen LogP contribution is -2.47. The maximum Gasteiger partial charge on any atom is 0.241 e. The number of carbonyl (C=O) groups is 1. The molecule has 0 heterocycles. The Morgan fingerprint density at radius 3 is 2.31 bits per heavy atom. The fraction of sp³-hybridized carbons (Fsp3) is 0.227. The molecule has 0 aliphatic heterocycles. The number of rotatable bonds is 8. The summed E-state index contributed by atoms with van der Waals surface area (Å²) in [6, 6.07) is 19.1. The van der Waals surface area contributed by atoms with Gasteiger partial charge >= 0.3 is 0 Å². The standard InChI is InChI=1S/C22H25N3O3S/c1-16-11-12-21(19-10-6-5-9-18(16)19)29(27,28)25-20(13-14-23)22(26)24-15-17-7-3-2-4-8-17/h2-12,20,25H,13-15,23H2,1H3,(H,24,26). The van der Waals surface area contributed by atoms with Crippen LogP contribution in [0.5, 0.6) is 0 Å². The highest BCUT2D eigenvalue weighted by Gasteiger charge is 2.26. The van der Waals surface area contributed by atoms with Gasteiger partial charge in [0.15, 0.2) is 0 Å². The molecule has 1 unspecified atom stereocenters. The minimum atomic E-state index is -3.92. The van der Waals surface area contributed by atoms with E-state index in [1.54, 1.807) is 24.3 Å². The third-order valence-electron chi connectivity index (χ3n) is 4.77. The van der Waals surface area contributed by atoms with Crippen LogP contribution in [0.4, 0.5) is 0 Å². The van der Waals surface area contributed by atoms with E-state index in [2.05, 4.69) is 10.0 Å². The molecule has 3 aromatic rings. The van der Waals surface area contributed by atoms with E-state index in [0.29, 0.717) is 11.9 Å². The minimum absolute atomic E-state index is 0.150. The zero-order valence-electron chi connectivity index (χ0n) is 16.3. The molecule has 0 saturated carbocycles.